The first-order chi connectivity index (χ1) is 21.6. The molecule has 1 aliphatic heterocycles. The molecule has 0 radical (unpaired) electrons. The molecule has 2 heterocycles. The van der Waals surface area contributed by atoms with Gasteiger partial charge in [-0.25, -0.2) is 9.79 Å². The van der Waals surface area contributed by atoms with E-state index in [-0.39, 0.29) is 23.8 Å². The molecule has 0 spiro atoms. The van der Waals surface area contributed by atoms with Crippen LogP contribution in [-0.2, 0) is 16.1 Å². The monoisotopic (exact) mass is 710 g/mol. The van der Waals surface area contributed by atoms with Gasteiger partial charge in [0.1, 0.15) is 12.4 Å². The number of ether oxygens (including phenoxy) is 4. The van der Waals surface area contributed by atoms with Gasteiger partial charge in [-0.1, -0.05) is 57.1 Å². The molecule has 1 atom stereocenters. The predicted molar refractivity (Wildman–Crippen MR) is 179 cm³/mol. The Kier molecular flexibility index (Phi) is 10.2. The van der Waals surface area contributed by atoms with Crippen LogP contribution in [0.4, 0.5) is 0 Å². The lowest BCUT2D eigenvalue weighted by atomic mass is 9.95. The Hall–Kier alpha value is -3.86. The molecule has 11 heteroatoms. The van der Waals surface area contributed by atoms with Crippen LogP contribution in [-0.4, -0.2) is 30.4 Å². The van der Waals surface area contributed by atoms with Crippen molar-refractivity contribution in [2.45, 2.75) is 46.4 Å². The first-order valence-corrected chi connectivity index (χ1v) is 16.3. The van der Waals surface area contributed by atoms with Crippen LogP contribution in [0.2, 0.25) is 5.02 Å². The Morgan fingerprint density at radius 3 is 2.51 bits per heavy atom. The van der Waals surface area contributed by atoms with E-state index in [4.69, 9.17) is 30.5 Å². The number of carbonyl (C=O) groups is 1. The van der Waals surface area contributed by atoms with E-state index < -0.39 is 12.0 Å². The molecule has 0 amide bonds. The van der Waals surface area contributed by atoms with Gasteiger partial charge in [0.25, 0.3) is 5.56 Å². The van der Waals surface area contributed by atoms with E-state index in [9.17, 15) is 9.59 Å². The van der Waals surface area contributed by atoms with Gasteiger partial charge in [-0.3, -0.25) is 9.36 Å². The molecule has 4 aromatic rings. The number of hydrogen-bond donors (Lipinski definition) is 0. The molecule has 0 saturated heterocycles. The van der Waals surface area contributed by atoms with Gasteiger partial charge >= 0.3 is 5.97 Å². The van der Waals surface area contributed by atoms with E-state index in [1.54, 1.807) is 57.4 Å². The first kappa shape index (κ1) is 32.5. The number of rotatable bonds is 10. The molecule has 0 bridgehead atoms. The largest absolute Gasteiger partial charge is 0.493 e. The summed E-state index contributed by atoms with van der Waals surface area (Å²) < 4.78 is 26.0. The van der Waals surface area contributed by atoms with Gasteiger partial charge in [-0.05, 0) is 87.4 Å². The summed E-state index contributed by atoms with van der Waals surface area (Å²) in [6.45, 7) is 7.84. The molecule has 0 fully saturated rings. The molecule has 8 nitrogen and oxygen atoms in total. The Morgan fingerprint density at radius 2 is 1.82 bits per heavy atom. The third kappa shape index (κ3) is 7.19. The Labute approximate surface area is 278 Å². The summed E-state index contributed by atoms with van der Waals surface area (Å²) in [6.07, 6.45) is 1.67. The number of benzene rings is 3. The van der Waals surface area contributed by atoms with E-state index in [0.29, 0.717) is 55.0 Å². The van der Waals surface area contributed by atoms with Gasteiger partial charge < -0.3 is 18.9 Å². The second-order valence-electron chi connectivity index (χ2n) is 10.5. The molecule has 45 heavy (non-hydrogen) atoms. The van der Waals surface area contributed by atoms with E-state index in [1.807, 2.05) is 44.2 Å². The SMILES string of the molecule is CCOC(=O)C1=C(C)N=c2s/c(=C/c3cc(Cl)ccc3OCc3ccc(Br)cc3)c(=O)n2[C@H]1c1ccc(OC(C)C)c(OC)c1. The number of allylic oxidation sites excluding steroid dienone is 1. The van der Waals surface area contributed by atoms with Crippen LogP contribution >= 0.6 is 38.9 Å². The second kappa shape index (κ2) is 14.1. The summed E-state index contributed by atoms with van der Waals surface area (Å²) in [5, 5.41) is 0.499. The van der Waals surface area contributed by atoms with Crippen molar-refractivity contribution in [2.24, 2.45) is 4.99 Å². The molecule has 1 aliphatic rings. The fourth-order valence-electron chi connectivity index (χ4n) is 4.96. The van der Waals surface area contributed by atoms with Crippen LogP contribution in [0, 0.1) is 0 Å². The third-order valence-corrected chi connectivity index (χ3v) is 8.70. The van der Waals surface area contributed by atoms with Gasteiger partial charge in [0.2, 0.25) is 0 Å². The van der Waals surface area contributed by atoms with Crippen LogP contribution in [0.25, 0.3) is 6.08 Å². The minimum absolute atomic E-state index is 0.0742. The quantitative estimate of drug-likeness (QED) is 0.173. The number of methoxy groups -OCH3 is 1. The smallest absolute Gasteiger partial charge is 0.338 e. The van der Waals surface area contributed by atoms with Crippen molar-refractivity contribution in [3.05, 3.63) is 118 Å². The fourth-order valence-corrected chi connectivity index (χ4v) is 6.44. The minimum atomic E-state index is -0.808. The standard InChI is InChI=1S/C34H32BrClN2O6S/c1-6-42-33(40)30-20(4)37-34-38(31(30)22-9-13-27(44-19(2)3)28(16-22)41-5)32(39)29(45-34)17-23-15-25(36)12-14-26(23)43-18-21-7-10-24(35)11-8-21/h7-17,19,31H,6,18H2,1-5H3/b29-17+/t31-/m0/s1. The number of nitrogens with zero attached hydrogens (tertiary/aromatic N) is 2. The highest BCUT2D eigenvalue weighted by molar-refractivity contribution is 9.10. The van der Waals surface area contributed by atoms with Crippen molar-refractivity contribution in [1.29, 1.82) is 0 Å². The molecule has 234 valence electrons. The van der Waals surface area contributed by atoms with Crippen molar-refractivity contribution in [3.63, 3.8) is 0 Å². The van der Waals surface area contributed by atoms with Crippen LogP contribution < -0.4 is 29.1 Å². The Morgan fingerprint density at radius 1 is 1.09 bits per heavy atom. The van der Waals surface area contributed by atoms with E-state index in [2.05, 4.69) is 20.9 Å². The van der Waals surface area contributed by atoms with Crippen molar-refractivity contribution >= 4 is 50.9 Å². The molecule has 0 aliphatic carbocycles. The number of hydrogen-bond acceptors (Lipinski definition) is 8. The van der Waals surface area contributed by atoms with E-state index >= 15 is 0 Å². The van der Waals surface area contributed by atoms with Crippen LogP contribution in [0.3, 0.4) is 0 Å². The van der Waals surface area contributed by atoms with Crippen LogP contribution in [0.1, 0.15) is 50.4 Å². The maximum Gasteiger partial charge on any atom is 0.338 e. The molecule has 0 unspecified atom stereocenters. The van der Waals surface area contributed by atoms with Gasteiger partial charge in [0, 0.05) is 15.1 Å². The summed E-state index contributed by atoms with van der Waals surface area (Å²) in [5.41, 5.74) is 2.69. The zero-order valence-corrected chi connectivity index (χ0v) is 28.6. The van der Waals surface area contributed by atoms with E-state index in [1.165, 1.54) is 15.9 Å². The number of halogens is 2. The zero-order valence-electron chi connectivity index (χ0n) is 25.4. The molecule has 0 saturated carbocycles. The van der Waals surface area contributed by atoms with Crippen molar-refractivity contribution < 1.29 is 23.7 Å². The summed E-state index contributed by atoms with van der Waals surface area (Å²) >= 11 is 11.0. The number of carbonyl (C=O) groups excluding carboxylic acids is 1. The highest BCUT2D eigenvalue weighted by Gasteiger charge is 2.34. The number of fused-ring (bicyclic) bond motifs is 1. The first-order valence-electron chi connectivity index (χ1n) is 14.3. The highest BCUT2D eigenvalue weighted by atomic mass is 79.9. The lowest BCUT2D eigenvalue weighted by molar-refractivity contribution is -0.139. The Balaban J connectivity index is 1.63. The van der Waals surface area contributed by atoms with Crippen LogP contribution in [0.15, 0.2) is 86.2 Å². The molecule has 5 rings (SSSR count). The summed E-state index contributed by atoms with van der Waals surface area (Å²) in [6, 6.07) is 17.7. The molecule has 3 aromatic carbocycles. The average Bonchev–Trinajstić information content (AvgIpc) is 3.30. The topological polar surface area (TPSA) is 88.4 Å². The third-order valence-electron chi connectivity index (χ3n) is 6.95. The normalized spacial score (nSPS) is 14.7. The van der Waals surface area contributed by atoms with Gasteiger partial charge in [-0.15, -0.1) is 0 Å². The van der Waals surface area contributed by atoms with Crippen molar-refractivity contribution in [3.8, 4) is 17.2 Å². The van der Waals surface area contributed by atoms with Crippen LogP contribution in [0.5, 0.6) is 17.2 Å². The minimum Gasteiger partial charge on any atom is -0.493 e. The molecule has 0 N–H and O–H groups in total. The van der Waals surface area contributed by atoms with Gasteiger partial charge in [-0.2, -0.15) is 0 Å². The predicted octanol–water partition coefficient (Wildman–Crippen LogP) is 6.59. The lowest BCUT2D eigenvalue weighted by Crippen LogP contribution is -2.40. The summed E-state index contributed by atoms with van der Waals surface area (Å²) in [5.74, 6) is 1.06. The van der Waals surface area contributed by atoms with E-state index in [0.717, 1.165) is 10.0 Å². The van der Waals surface area contributed by atoms with Crippen molar-refractivity contribution in [2.75, 3.05) is 13.7 Å². The summed E-state index contributed by atoms with van der Waals surface area (Å²) in [7, 11) is 1.55. The highest BCUT2D eigenvalue weighted by Crippen LogP contribution is 2.36. The number of aromatic nitrogens is 1. The molecule has 1 aromatic heterocycles. The maximum atomic E-state index is 14.2. The maximum absolute atomic E-state index is 14.2. The Bertz CT molecular complexity index is 1950. The molecular formula is C34H32BrClN2O6S. The average molecular weight is 712 g/mol. The fraction of sp³-hybridized carbons (Fsp3) is 0.265. The molecular weight excluding hydrogens is 680 g/mol. The van der Waals surface area contributed by atoms with Crippen molar-refractivity contribution in [1.82, 2.24) is 4.57 Å². The number of esters is 1. The lowest BCUT2D eigenvalue weighted by Gasteiger charge is -2.25. The second-order valence-corrected chi connectivity index (χ2v) is 12.8. The van der Waals surface area contributed by atoms with Gasteiger partial charge in [0.05, 0.1) is 41.7 Å². The van der Waals surface area contributed by atoms with Gasteiger partial charge in [0.15, 0.2) is 16.3 Å². The number of thiazole rings is 1. The summed E-state index contributed by atoms with van der Waals surface area (Å²) in [4.78, 5) is 32.6. The zero-order chi connectivity index (χ0) is 32.2.